The number of carbonyl (C=O) groups excluding carboxylic acids is 3. The molecule has 16 rings (SSSR count). The zero-order chi connectivity index (χ0) is 63.6. The molecule has 1 aliphatic carbocycles. The van der Waals surface area contributed by atoms with E-state index < -0.39 is 0 Å². The van der Waals surface area contributed by atoms with E-state index in [1.807, 2.05) is 135 Å². The molecule has 0 atom stereocenters. The summed E-state index contributed by atoms with van der Waals surface area (Å²) in [6.07, 6.45) is 23.8. The molecule has 3 amide bonds. The minimum atomic E-state index is 0.0912. The SMILES string of the molecule is CCN1Cc2nn(C)cc2-c2cnc3c(c2)C(=NC3)c2cn(nc2C)CCCC1=O.Cc1nn2cc1C1=NCc3ncc(cc31)-c1cn(C)nc1CN(C(C)C)C(=O)CCC2.Cc1nn2cc1C1=NCc3ncc(cc31)-c1cn(C)nc1CN(C1CC1)C(=O)CCC2. The highest BCUT2D eigenvalue weighted by Gasteiger charge is 2.35. The third kappa shape index (κ3) is 11.7. The molecule has 9 aromatic rings. The van der Waals surface area contributed by atoms with Crippen LogP contribution in [0.1, 0.15) is 157 Å². The fourth-order valence-corrected chi connectivity index (χ4v) is 13.5. The molecule has 24 nitrogen and oxygen atoms in total. The highest BCUT2D eigenvalue weighted by atomic mass is 16.2. The van der Waals surface area contributed by atoms with E-state index >= 15 is 0 Å². The zero-order valence-corrected chi connectivity index (χ0v) is 53.9. The monoisotopic (exact) mass is 1240 g/mol. The van der Waals surface area contributed by atoms with Gasteiger partial charge in [0.15, 0.2) is 0 Å². The van der Waals surface area contributed by atoms with E-state index in [4.69, 9.17) is 45.2 Å². The molecule has 0 saturated heterocycles. The van der Waals surface area contributed by atoms with Gasteiger partial charge < -0.3 is 14.7 Å². The number of hydrogen-bond acceptors (Lipinski definition) is 15. The van der Waals surface area contributed by atoms with Gasteiger partial charge in [-0.25, -0.2) is 0 Å². The summed E-state index contributed by atoms with van der Waals surface area (Å²) in [6.45, 7) is 18.2. The predicted molar refractivity (Wildman–Crippen MR) is 346 cm³/mol. The second-order valence-electron chi connectivity index (χ2n) is 25.4. The summed E-state index contributed by atoms with van der Waals surface area (Å²) >= 11 is 0. The summed E-state index contributed by atoms with van der Waals surface area (Å²) in [7, 11) is 5.76. The maximum atomic E-state index is 13.1. The third-order valence-corrected chi connectivity index (χ3v) is 18.4. The van der Waals surface area contributed by atoms with E-state index in [0.717, 1.165) is 174 Å². The number of amides is 3. The summed E-state index contributed by atoms with van der Waals surface area (Å²) in [5.74, 6) is 0.490. The Labute approximate surface area is 533 Å². The van der Waals surface area contributed by atoms with E-state index in [0.29, 0.717) is 84.2 Å². The Morgan fingerprint density at radius 3 is 1.22 bits per heavy atom. The number of hydrogen-bond donors (Lipinski definition) is 0. The molecule has 0 radical (unpaired) electrons. The van der Waals surface area contributed by atoms with Crippen LogP contribution in [-0.2, 0) is 94.4 Å². The molecule has 0 N–H and O–H groups in total. The maximum absolute atomic E-state index is 13.1. The van der Waals surface area contributed by atoms with Crippen LogP contribution in [0.15, 0.2) is 88.9 Å². The van der Waals surface area contributed by atoms with Gasteiger partial charge in [-0.05, 0) is 91.8 Å². The van der Waals surface area contributed by atoms with Gasteiger partial charge in [0, 0.05) is 201 Å². The number of aromatic nitrogens is 15. The maximum Gasteiger partial charge on any atom is 0.223 e. The number of pyridine rings is 3. The van der Waals surface area contributed by atoms with E-state index in [-0.39, 0.29) is 23.8 Å². The number of nitrogens with zero attached hydrogens (tertiary/aromatic N) is 21. The first-order chi connectivity index (χ1) is 44.5. The highest BCUT2D eigenvalue weighted by Crippen LogP contribution is 2.36. The van der Waals surface area contributed by atoms with Crippen molar-refractivity contribution in [1.29, 1.82) is 0 Å². The lowest BCUT2D eigenvalue weighted by Crippen LogP contribution is -2.36. The molecule has 15 heterocycles. The first-order valence-electron chi connectivity index (χ1n) is 32.2. The lowest BCUT2D eigenvalue weighted by Gasteiger charge is -2.26. The molecule has 1 fully saturated rings. The minimum absolute atomic E-state index is 0.0912. The van der Waals surface area contributed by atoms with Crippen molar-refractivity contribution in [3.63, 3.8) is 0 Å². The van der Waals surface area contributed by atoms with Crippen LogP contribution >= 0.6 is 0 Å². The van der Waals surface area contributed by atoms with Crippen LogP contribution in [0.4, 0.5) is 0 Å². The van der Waals surface area contributed by atoms with E-state index in [1.54, 1.807) is 0 Å². The lowest BCUT2D eigenvalue weighted by atomic mass is 9.99. The highest BCUT2D eigenvalue weighted by molar-refractivity contribution is 6.17. The van der Waals surface area contributed by atoms with Crippen LogP contribution in [0, 0.1) is 20.8 Å². The van der Waals surface area contributed by atoms with Crippen LogP contribution in [0.2, 0.25) is 0 Å². The second-order valence-corrected chi connectivity index (χ2v) is 25.4. The molecule has 24 heteroatoms. The molecular weight excluding hydrogens is 1160 g/mol. The molecule has 9 aromatic heterocycles. The van der Waals surface area contributed by atoms with Crippen LogP contribution < -0.4 is 0 Å². The Hall–Kier alpha value is -9.87. The van der Waals surface area contributed by atoms with E-state index in [2.05, 4.69) is 59.7 Å². The van der Waals surface area contributed by atoms with Crippen molar-refractivity contribution in [1.82, 2.24) is 88.3 Å². The molecule has 0 spiro atoms. The van der Waals surface area contributed by atoms with Crippen molar-refractivity contribution in [3.8, 4) is 33.4 Å². The number of aryl methyl sites for hydroxylation is 9. The van der Waals surface area contributed by atoms with Gasteiger partial charge >= 0.3 is 0 Å². The fraction of sp³-hybridized carbons (Fsp3) is 0.426. The molecule has 0 aromatic carbocycles. The molecule has 1 saturated carbocycles. The first-order valence-corrected chi connectivity index (χ1v) is 32.2. The van der Waals surface area contributed by atoms with Crippen LogP contribution in [0.3, 0.4) is 0 Å². The van der Waals surface area contributed by atoms with Crippen LogP contribution in [0.5, 0.6) is 0 Å². The Morgan fingerprint density at radius 2 is 0.826 bits per heavy atom. The van der Waals surface area contributed by atoms with Crippen molar-refractivity contribution in [3.05, 3.63) is 159 Å². The van der Waals surface area contributed by atoms with Crippen molar-refractivity contribution in [2.45, 2.75) is 164 Å². The summed E-state index contributed by atoms with van der Waals surface area (Å²) in [6, 6.07) is 6.92. The predicted octanol–water partition coefficient (Wildman–Crippen LogP) is 7.97. The number of rotatable bonds is 3. The molecule has 7 aliphatic rings. The average molecular weight is 1240 g/mol. The normalized spacial score (nSPS) is 17.0. The Bertz CT molecular complexity index is 4310. The van der Waals surface area contributed by atoms with Gasteiger partial charge in [0.2, 0.25) is 17.7 Å². The second kappa shape index (κ2) is 24.4. The average Bonchev–Trinajstić information content (AvgIpc) is 1.63. The van der Waals surface area contributed by atoms with Gasteiger partial charge in [0.05, 0.1) is 108 Å². The number of carbonyl (C=O) groups is 3. The summed E-state index contributed by atoms with van der Waals surface area (Å²) < 4.78 is 11.3. The number of fused-ring (bicyclic) bond motifs is 18. The third-order valence-electron chi connectivity index (χ3n) is 18.4. The van der Waals surface area contributed by atoms with Gasteiger partial charge in [0.25, 0.3) is 0 Å². The number of aliphatic imine (C=N–C) groups is 3. The zero-order valence-electron chi connectivity index (χ0n) is 53.9. The van der Waals surface area contributed by atoms with Gasteiger partial charge in [-0.1, -0.05) is 0 Å². The first kappa shape index (κ1) is 59.7. The minimum Gasteiger partial charge on any atom is -0.337 e. The van der Waals surface area contributed by atoms with Gasteiger partial charge in [-0.2, -0.15) is 30.6 Å². The van der Waals surface area contributed by atoms with E-state index in [9.17, 15) is 14.4 Å². The van der Waals surface area contributed by atoms with Crippen molar-refractivity contribution in [2.24, 2.45) is 36.1 Å². The molecule has 0 unspecified atom stereocenters. The van der Waals surface area contributed by atoms with Gasteiger partial charge in [-0.15, -0.1) is 0 Å². The molecule has 6 aliphatic heterocycles. The summed E-state index contributed by atoms with van der Waals surface area (Å²) in [5.41, 5.74) is 23.7. The van der Waals surface area contributed by atoms with Crippen molar-refractivity contribution < 1.29 is 14.4 Å². The largest absolute Gasteiger partial charge is 0.337 e. The fourth-order valence-electron chi connectivity index (χ4n) is 13.5. The Morgan fingerprint density at radius 1 is 0.446 bits per heavy atom. The topological polar surface area (TPSA) is 244 Å². The van der Waals surface area contributed by atoms with E-state index in [1.165, 1.54) is 0 Å². The smallest absolute Gasteiger partial charge is 0.223 e. The van der Waals surface area contributed by atoms with Crippen molar-refractivity contribution in [2.75, 3.05) is 6.54 Å². The lowest BCUT2D eigenvalue weighted by molar-refractivity contribution is -0.134. The quantitative estimate of drug-likeness (QED) is 0.164. The molecular formula is C68H77N21O3. The Balaban J connectivity index is 0.000000120. The van der Waals surface area contributed by atoms with Gasteiger partial charge in [0.1, 0.15) is 0 Å². The molecule has 472 valence electrons. The van der Waals surface area contributed by atoms with Crippen LogP contribution in [0.25, 0.3) is 33.4 Å². The summed E-state index contributed by atoms with van der Waals surface area (Å²) in [5, 5.41) is 28.1. The molecule has 92 heavy (non-hydrogen) atoms. The van der Waals surface area contributed by atoms with Crippen molar-refractivity contribution >= 4 is 34.9 Å². The Kier molecular flexibility index (Phi) is 15.8. The van der Waals surface area contributed by atoms with Crippen LogP contribution in [-0.4, -0.2) is 142 Å². The summed E-state index contributed by atoms with van der Waals surface area (Å²) in [4.78, 5) is 73.3. The van der Waals surface area contributed by atoms with Gasteiger partial charge in [-0.3, -0.25) is 72.4 Å². The molecule has 12 bridgehead atoms. The standard InChI is InChI=1S/C23H25N7O.C23H27N7O.C22H25N7O/c1-14-18-12-29(26-14)7-3-4-22(31)30(16-5-6-16)13-21-19(11-28(2)27-21)15-8-17-20(24-9-15)10-25-23(17)18;1-14(2)30-13-21-19(11-28(4)27-21)16-8-17-20(24-9-16)10-25-23(17)18-12-29(26-15(18)3)7-5-6-22(30)31;1-4-28-13-20-18(11-27(3)26-20)15-8-16-19(23-9-15)10-24-22(16)17-12-29(25-14(17)2)7-5-6-21(28)30/h8-9,11-12,16H,3-7,10,13H2,1-2H3;8-9,11-12,14H,5-7,10,13H2,1-4H3;8-9,11-12H,4-7,10,13H2,1-3H3.